The fourth-order valence-corrected chi connectivity index (χ4v) is 6.36. The molecule has 0 saturated heterocycles. The van der Waals surface area contributed by atoms with Crippen LogP contribution in [0, 0.1) is 0 Å². The van der Waals surface area contributed by atoms with Gasteiger partial charge in [0.05, 0.1) is 37.4 Å². The van der Waals surface area contributed by atoms with Crippen LogP contribution in [0.5, 0.6) is 6.01 Å². The van der Waals surface area contributed by atoms with Crippen molar-refractivity contribution in [2.75, 3.05) is 26.0 Å². The first kappa shape index (κ1) is 28.8. The van der Waals surface area contributed by atoms with Gasteiger partial charge in [0.15, 0.2) is 0 Å². The molecule has 0 aliphatic rings. The Morgan fingerprint density at radius 2 is 1.23 bits per heavy atom. The van der Waals surface area contributed by atoms with Gasteiger partial charge < -0.3 is 13.8 Å². The quantitative estimate of drug-likeness (QED) is 0.104. The van der Waals surface area contributed by atoms with Crippen LogP contribution < -0.4 is 4.74 Å². The molecule has 39 heavy (non-hydrogen) atoms. The van der Waals surface area contributed by atoms with Crippen molar-refractivity contribution < 1.29 is 18.3 Å². The highest BCUT2D eigenvalue weighted by atomic mass is 31.2. The van der Waals surface area contributed by atoms with Crippen LogP contribution in [-0.2, 0) is 13.6 Å². The van der Waals surface area contributed by atoms with Gasteiger partial charge in [0.25, 0.3) is 0 Å². The van der Waals surface area contributed by atoms with Gasteiger partial charge in [0, 0.05) is 11.1 Å². The molecule has 1 heterocycles. The minimum Gasteiger partial charge on any atom is -0.464 e. The van der Waals surface area contributed by atoms with Gasteiger partial charge >= 0.3 is 13.6 Å². The summed E-state index contributed by atoms with van der Waals surface area (Å²) in [4.78, 5) is 5.02. The molecule has 3 aromatic carbocycles. The maximum atomic E-state index is 12.6. The van der Waals surface area contributed by atoms with Crippen LogP contribution in [0.25, 0.3) is 28.2 Å². The van der Waals surface area contributed by atoms with E-state index in [2.05, 4.69) is 53.1 Å². The number of nitrogens with zero attached hydrogens (tertiary/aromatic N) is 2. The molecule has 0 saturated carbocycles. The topological polar surface area (TPSA) is 62.6 Å². The number of aromatic nitrogens is 2. The van der Waals surface area contributed by atoms with Gasteiger partial charge in [-0.1, -0.05) is 98.1 Å². The molecule has 4 rings (SSSR count). The minimum atomic E-state index is -2.94. The van der Waals surface area contributed by atoms with E-state index in [0.29, 0.717) is 32.0 Å². The normalized spacial score (nSPS) is 11.5. The Morgan fingerprint density at radius 3 is 1.85 bits per heavy atom. The first-order chi connectivity index (χ1) is 19.1. The average Bonchev–Trinajstić information content (AvgIpc) is 3.35. The zero-order valence-corrected chi connectivity index (χ0v) is 23.9. The van der Waals surface area contributed by atoms with Crippen LogP contribution in [-0.4, -0.2) is 35.5 Å². The Morgan fingerprint density at radius 1 is 0.692 bits per heavy atom. The number of hydrogen-bond acceptors (Lipinski definition) is 5. The van der Waals surface area contributed by atoms with Gasteiger partial charge in [-0.15, -0.1) is 0 Å². The summed E-state index contributed by atoms with van der Waals surface area (Å²) in [5.74, 6) is 0. The van der Waals surface area contributed by atoms with Gasteiger partial charge in [-0.25, -0.2) is 0 Å². The Kier molecular flexibility index (Phi) is 11.0. The van der Waals surface area contributed by atoms with Gasteiger partial charge in [-0.2, -0.15) is 4.98 Å². The average molecular weight is 547 g/mol. The minimum absolute atomic E-state index is 0.408. The van der Waals surface area contributed by atoms with Gasteiger partial charge in [0.1, 0.15) is 5.69 Å². The van der Waals surface area contributed by atoms with Crippen molar-refractivity contribution in [3.8, 4) is 34.2 Å². The summed E-state index contributed by atoms with van der Waals surface area (Å²) in [5, 5.41) is 0. The molecule has 6 nitrogen and oxygen atoms in total. The van der Waals surface area contributed by atoms with Crippen molar-refractivity contribution in [1.29, 1.82) is 0 Å². The van der Waals surface area contributed by atoms with Crippen molar-refractivity contribution >= 4 is 7.60 Å². The maximum absolute atomic E-state index is 12.6. The molecule has 206 valence electrons. The van der Waals surface area contributed by atoms with Crippen LogP contribution in [0.3, 0.4) is 0 Å². The number of hydrogen-bond donors (Lipinski definition) is 0. The van der Waals surface area contributed by atoms with Crippen molar-refractivity contribution in [2.45, 2.75) is 46.0 Å². The van der Waals surface area contributed by atoms with E-state index in [0.717, 1.165) is 60.3 Å². The molecule has 0 amide bonds. The predicted octanol–water partition coefficient (Wildman–Crippen LogP) is 8.80. The van der Waals surface area contributed by atoms with E-state index in [1.54, 1.807) is 0 Å². The molecule has 0 unspecified atom stereocenters. The highest BCUT2D eigenvalue weighted by Gasteiger charge is 2.23. The second kappa shape index (κ2) is 14.8. The smallest absolute Gasteiger partial charge is 0.330 e. The van der Waals surface area contributed by atoms with Crippen molar-refractivity contribution in [3.05, 3.63) is 91.0 Å². The summed E-state index contributed by atoms with van der Waals surface area (Å²) in [7, 11) is -2.94. The maximum Gasteiger partial charge on any atom is 0.330 e. The fraction of sp³-hybridized carbons (Fsp3) is 0.344. The summed E-state index contributed by atoms with van der Waals surface area (Å²) >= 11 is 0. The van der Waals surface area contributed by atoms with E-state index < -0.39 is 7.60 Å². The lowest BCUT2D eigenvalue weighted by atomic mass is 10.0. The molecule has 1 aromatic heterocycles. The largest absolute Gasteiger partial charge is 0.464 e. The third-order valence-electron chi connectivity index (χ3n) is 6.41. The molecule has 0 atom stereocenters. The summed E-state index contributed by atoms with van der Waals surface area (Å²) in [5.41, 5.74) is 5.05. The van der Waals surface area contributed by atoms with Crippen LogP contribution in [0.2, 0.25) is 0 Å². The highest BCUT2D eigenvalue weighted by Crippen LogP contribution is 2.48. The molecule has 4 aromatic rings. The zero-order chi connectivity index (χ0) is 27.3. The number of para-hydroxylation sites is 1. The zero-order valence-electron chi connectivity index (χ0n) is 23.0. The third-order valence-corrected chi connectivity index (χ3v) is 8.58. The highest BCUT2D eigenvalue weighted by molar-refractivity contribution is 7.53. The van der Waals surface area contributed by atoms with Crippen LogP contribution >= 0.6 is 7.60 Å². The monoisotopic (exact) mass is 546 g/mol. The SMILES string of the molecule is CCOP(=O)(CCCCCCCOc1nc(-c2ccccc2)c(-c2ccccc2)n1-c1ccccc1)OCC. The number of unbranched alkanes of at least 4 members (excludes halogenated alkanes) is 4. The second-order valence-corrected chi connectivity index (χ2v) is 11.5. The third kappa shape index (κ3) is 7.92. The van der Waals surface area contributed by atoms with Crippen molar-refractivity contribution in [1.82, 2.24) is 9.55 Å². The van der Waals surface area contributed by atoms with E-state index in [4.69, 9.17) is 18.8 Å². The summed E-state index contributed by atoms with van der Waals surface area (Å²) in [6, 6.07) is 31.5. The molecular weight excluding hydrogens is 507 g/mol. The molecule has 0 aliphatic heterocycles. The van der Waals surface area contributed by atoms with E-state index in [9.17, 15) is 4.57 Å². The molecule has 0 radical (unpaired) electrons. The van der Waals surface area contributed by atoms with E-state index in [1.165, 1.54) is 0 Å². The van der Waals surface area contributed by atoms with Crippen LogP contribution in [0.15, 0.2) is 91.0 Å². The van der Waals surface area contributed by atoms with E-state index >= 15 is 0 Å². The fourth-order valence-electron chi connectivity index (χ4n) is 4.63. The van der Waals surface area contributed by atoms with Crippen LogP contribution in [0.4, 0.5) is 0 Å². The lowest BCUT2D eigenvalue weighted by molar-refractivity contribution is 0.219. The summed E-state index contributed by atoms with van der Waals surface area (Å²) in [6.45, 7) is 5.08. The molecule has 0 spiro atoms. The van der Waals surface area contributed by atoms with E-state index in [1.807, 2.05) is 56.3 Å². The summed E-state index contributed by atoms with van der Waals surface area (Å²) < 4.78 is 31.9. The molecule has 0 N–H and O–H groups in total. The molecule has 0 bridgehead atoms. The standard InChI is InChI=1S/C32H39N2O4P/c1-3-37-39(35,38-4-2)26-18-7-5-6-17-25-36-32-33-30(27-19-11-8-12-20-27)31(28-21-13-9-14-22-28)34(32)29-23-15-10-16-24-29/h8-16,19-24H,3-7,17-18,25-26H2,1-2H3. The Hall–Kier alpha value is -3.18. The predicted molar refractivity (Wildman–Crippen MR) is 159 cm³/mol. The molecule has 0 fully saturated rings. The number of imidazole rings is 1. The lowest BCUT2D eigenvalue weighted by Crippen LogP contribution is -2.05. The van der Waals surface area contributed by atoms with Crippen molar-refractivity contribution in [3.63, 3.8) is 0 Å². The second-order valence-electron chi connectivity index (χ2n) is 9.28. The van der Waals surface area contributed by atoms with Crippen LogP contribution in [0.1, 0.15) is 46.0 Å². The number of benzene rings is 3. The first-order valence-electron chi connectivity index (χ1n) is 13.9. The summed E-state index contributed by atoms with van der Waals surface area (Å²) in [6.07, 6.45) is 5.27. The number of rotatable bonds is 16. The lowest BCUT2D eigenvalue weighted by Gasteiger charge is -2.16. The Balaban J connectivity index is 1.46. The Bertz CT molecular complexity index is 1300. The van der Waals surface area contributed by atoms with Gasteiger partial charge in [-0.3, -0.25) is 9.13 Å². The van der Waals surface area contributed by atoms with Gasteiger partial charge in [-0.05, 0) is 38.8 Å². The Labute approximate surface area is 232 Å². The number of ether oxygens (including phenoxy) is 1. The first-order valence-corrected chi connectivity index (χ1v) is 15.7. The molecule has 0 aliphatic carbocycles. The van der Waals surface area contributed by atoms with Crippen molar-refractivity contribution in [2.24, 2.45) is 0 Å². The van der Waals surface area contributed by atoms with Gasteiger partial charge in [0.2, 0.25) is 0 Å². The van der Waals surface area contributed by atoms with E-state index in [-0.39, 0.29) is 0 Å². The molecular formula is C32H39N2O4P. The molecule has 7 heteroatoms.